The van der Waals surface area contributed by atoms with E-state index in [1.54, 1.807) is 19.1 Å². The third kappa shape index (κ3) is 4.29. The van der Waals surface area contributed by atoms with Crippen molar-refractivity contribution in [1.29, 1.82) is 0 Å². The van der Waals surface area contributed by atoms with Gasteiger partial charge in [0.1, 0.15) is 5.82 Å². The van der Waals surface area contributed by atoms with Gasteiger partial charge in [0.2, 0.25) is 5.91 Å². The monoisotopic (exact) mass is 326 g/mol. The first-order valence-corrected chi connectivity index (χ1v) is 8.21. The summed E-state index contributed by atoms with van der Waals surface area (Å²) in [5.41, 5.74) is 8.01. The molecule has 4 N–H and O–H groups in total. The van der Waals surface area contributed by atoms with Gasteiger partial charge in [-0.05, 0) is 43.4 Å². The lowest BCUT2D eigenvalue weighted by atomic mass is 10.1. The average Bonchev–Trinajstić information content (AvgIpc) is 3.23. The molecule has 6 nitrogen and oxygen atoms in total. The summed E-state index contributed by atoms with van der Waals surface area (Å²) >= 11 is 0. The molecule has 6 heteroatoms. The number of nitrogens with one attached hydrogen (secondary N) is 2. The molecule has 1 saturated carbocycles. The van der Waals surface area contributed by atoms with Crippen molar-refractivity contribution < 1.29 is 9.59 Å². The highest BCUT2D eigenvalue weighted by Crippen LogP contribution is 2.32. The third-order valence-corrected chi connectivity index (χ3v) is 4.16. The van der Waals surface area contributed by atoms with E-state index in [-0.39, 0.29) is 17.9 Å². The van der Waals surface area contributed by atoms with Crippen LogP contribution in [-0.2, 0) is 4.79 Å². The molecule has 2 aliphatic rings. The van der Waals surface area contributed by atoms with Gasteiger partial charge in [-0.2, -0.15) is 0 Å². The van der Waals surface area contributed by atoms with Gasteiger partial charge in [0.05, 0.1) is 0 Å². The molecule has 1 heterocycles. The minimum Gasteiger partial charge on any atom is -0.348 e. The zero-order valence-electron chi connectivity index (χ0n) is 13.7. The summed E-state index contributed by atoms with van der Waals surface area (Å²) in [5, 5.41) is 5.64. The van der Waals surface area contributed by atoms with E-state index in [0.717, 1.165) is 18.4 Å². The predicted octanol–water partition coefficient (Wildman–Crippen LogP) is 1.68. The van der Waals surface area contributed by atoms with E-state index in [1.807, 2.05) is 18.2 Å². The SMILES string of the molecule is Cc1cc(C(=O)NCC2=CC=CC2N)cc(NC(=O)CC2CC2)n1. The van der Waals surface area contributed by atoms with Crippen molar-refractivity contribution in [3.05, 3.63) is 47.2 Å². The second-order valence-corrected chi connectivity index (χ2v) is 6.41. The Morgan fingerprint density at radius 3 is 2.79 bits per heavy atom. The van der Waals surface area contributed by atoms with Crippen molar-refractivity contribution in [2.45, 2.75) is 32.2 Å². The molecule has 2 aliphatic carbocycles. The Labute approximate surface area is 141 Å². The van der Waals surface area contributed by atoms with Crippen LogP contribution in [0.2, 0.25) is 0 Å². The van der Waals surface area contributed by atoms with Gasteiger partial charge in [0.25, 0.3) is 5.91 Å². The van der Waals surface area contributed by atoms with E-state index >= 15 is 0 Å². The van der Waals surface area contributed by atoms with Crippen LogP contribution in [0.1, 0.15) is 35.3 Å². The molecule has 1 aromatic rings. The van der Waals surface area contributed by atoms with Gasteiger partial charge in [-0.15, -0.1) is 0 Å². The van der Waals surface area contributed by atoms with Crippen LogP contribution in [0.5, 0.6) is 0 Å². The zero-order valence-corrected chi connectivity index (χ0v) is 13.7. The maximum absolute atomic E-state index is 12.3. The van der Waals surface area contributed by atoms with E-state index in [2.05, 4.69) is 15.6 Å². The van der Waals surface area contributed by atoms with Crippen LogP contribution in [-0.4, -0.2) is 29.4 Å². The number of hydrogen-bond acceptors (Lipinski definition) is 4. The minimum atomic E-state index is -0.210. The van der Waals surface area contributed by atoms with Gasteiger partial charge < -0.3 is 16.4 Å². The average molecular weight is 326 g/mol. The smallest absolute Gasteiger partial charge is 0.251 e. The van der Waals surface area contributed by atoms with Crippen molar-refractivity contribution in [2.24, 2.45) is 11.7 Å². The van der Waals surface area contributed by atoms with Gasteiger partial charge in [0, 0.05) is 30.3 Å². The molecule has 1 aromatic heterocycles. The van der Waals surface area contributed by atoms with E-state index < -0.39 is 0 Å². The maximum atomic E-state index is 12.3. The maximum Gasteiger partial charge on any atom is 0.251 e. The fourth-order valence-corrected chi connectivity index (χ4v) is 2.64. The van der Waals surface area contributed by atoms with Gasteiger partial charge in [0.15, 0.2) is 0 Å². The molecule has 0 aliphatic heterocycles. The van der Waals surface area contributed by atoms with Gasteiger partial charge in [-0.3, -0.25) is 9.59 Å². The number of allylic oxidation sites excluding steroid dienone is 2. The van der Waals surface area contributed by atoms with Crippen molar-refractivity contribution in [2.75, 3.05) is 11.9 Å². The fraction of sp³-hybridized carbons (Fsp3) is 0.389. The molecule has 0 aromatic carbocycles. The molecule has 0 spiro atoms. The summed E-state index contributed by atoms with van der Waals surface area (Å²) in [6.07, 6.45) is 8.44. The van der Waals surface area contributed by atoms with Gasteiger partial charge in [-0.1, -0.05) is 18.2 Å². The van der Waals surface area contributed by atoms with Crippen LogP contribution in [0, 0.1) is 12.8 Å². The number of carbonyl (C=O) groups excluding carboxylic acids is 2. The topological polar surface area (TPSA) is 97.1 Å². The molecule has 1 fully saturated rings. The van der Waals surface area contributed by atoms with Crippen LogP contribution in [0.4, 0.5) is 5.82 Å². The highest BCUT2D eigenvalue weighted by atomic mass is 16.2. The van der Waals surface area contributed by atoms with E-state index in [0.29, 0.717) is 36.0 Å². The Morgan fingerprint density at radius 2 is 2.12 bits per heavy atom. The molecule has 126 valence electrons. The quantitative estimate of drug-likeness (QED) is 0.741. The summed E-state index contributed by atoms with van der Waals surface area (Å²) in [7, 11) is 0. The van der Waals surface area contributed by atoms with E-state index in [9.17, 15) is 9.59 Å². The summed E-state index contributed by atoms with van der Waals surface area (Å²) in [5.74, 6) is 0.674. The normalized spacial score (nSPS) is 19.1. The van der Waals surface area contributed by atoms with Crippen molar-refractivity contribution >= 4 is 17.6 Å². The number of pyridine rings is 1. The fourth-order valence-electron chi connectivity index (χ4n) is 2.64. The number of nitrogens with two attached hydrogens (primary N) is 1. The highest BCUT2D eigenvalue weighted by Gasteiger charge is 2.24. The number of hydrogen-bond donors (Lipinski definition) is 3. The molecule has 24 heavy (non-hydrogen) atoms. The van der Waals surface area contributed by atoms with Crippen LogP contribution in [0.25, 0.3) is 0 Å². The lowest BCUT2D eigenvalue weighted by Crippen LogP contribution is -2.31. The predicted molar refractivity (Wildman–Crippen MR) is 92.5 cm³/mol. The van der Waals surface area contributed by atoms with Gasteiger partial charge in [-0.25, -0.2) is 4.98 Å². The van der Waals surface area contributed by atoms with Crippen LogP contribution in [0.15, 0.2) is 35.9 Å². The number of rotatable bonds is 6. The number of anilines is 1. The summed E-state index contributed by atoms with van der Waals surface area (Å²) in [6.45, 7) is 2.20. The molecule has 0 saturated heterocycles. The Kier molecular flexibility index (Phi) is 4.76. The van der Waals surface area contributed by atoms with E-state index in [4.69, 9.17) is 5.73 Å². The van der Waals surface area contributed by atoms with E-state index in [1.165, 1.54) is 0 Å². The summed E-state index contributed by atoms with van der Waals surface area (Å²) in [6, 6.07) is 3.17. The van der Waals surface area contributed by atoms with Gasteiger partial charge >= 0.3 is 0 Å². The van der Waals surface area contributed by atoms with Crippen molar-refractivity contribution in [1.82, 2.24) is 10.3 Å². The zero-order chi connectivity index (χ0) is 17.1. The number of aromatic nitrogens is 1. The Morgan fingerprint density at radius 1 is 1.33 bits per heavy atom. The first-order chi connectivity index (χ1) is 11.5. The molecular formula is C18H22N4O2. The molecule has 0 bridgehead atoms. The molecule has 3 rings (SSSR count). The largest absolute Gasteiger partial charge is 0.348 e. The van der Waals surface area contributed by atoms with Crippen LogP contribution in [0.3, 0.4) is 0 Å². The van der Waals surface area contributed by atoms with Crippen LogP contribution >= 0.6 is 0 Å². The molecular weight excluding hydrogens is 304 g/mol. The number of aryl methyl sites for hydroxylation is 1. The molecule has 1 atom stereocenters. The van der Waals surface area contributed by atoms with Crippen LogP contribution < -0.4 is 16.4 Å². The number of carbonyl (C=O) groups is 2. The lowest BCUT2D eigenvalue weighted by molar-refractivity contribution is -0.116. The molecule has 1 unspecified atom stereocenters. The third-order valence-electron chi connectivity index (χ3n) is 4.16. The number of amides is 2. The van der Waals surface area contributed by atoms with Crippen molar-refractivity contribution in [3.8, 4) is 0 Å². The summed E-state index contributed by atoms with van der Waals surface area (Å²) < 4.78 is 0. The number of nitrogens with zero attached hydrogens (tertiary/aromatic N) is 1. The lowest BCUT2D eigenvalue weighted by Gasteiger charge is -2.11. The first-order valence-electron chi connectivity index (χ1n) is 8.21. The molecule has 0 radical (unpaired) electrons. The van der Waals surface area contributed by atoms with Crippen molar-refractivity contribution in [3.63, 3.8) is 0 Å². The second kappa shape index (κ2) is 6.97. The Balaban J connectivity index is 1.61. The highest BCUT2D eigenvalue weighted by molar-refractivity contribution is 5.96. The first kappa shape index (κ1) is 16.4. The second-order valence-electron chi connectivity index (χ2n) is 6.41. The Hall–Kier alpha value is -2.47. The summed E-state index contributed by atoms with van der Waals surface area (Å²) in [4.78, 5) is 28.5. The Bertz CT molecular complexity index is 720. The standard InChI is InChI=1S/C18H22N4O2/c1-11-7-14(18(24)20-10-13-3-2-4-15(13)19)9-16(21-11)22-17(23)8-12-5-6-12/h2-4,7,9,12,15H,5-6,8,10,19H2,1H3,(H,20,24)(H,21,22,23). The minimum absolute atomic E-state index is 0.0462. The molecule has 2 amide bonds.